The number of hydrogen-bond donors (Lipinski definition) is 0. The lowest BCUT2D eigenvalue weighted by Crippen LogP contribution is -2.54. The number of hydrogen-bond acceptors (Lipinski definition) is 3. The van der Waals surface area contributed by atoms with Crippen molar-refractivity contribution in [3.8, 4) is 11.8 Å². The molecule has 0 amide bonds. The van der Waals surface area contributed by atoms with E-state index in [2.05, 4.69) is 37.5 Å². The molecule has 3 atom stereocenters. The number of carbonyl (C=O) groups is 2. The molecular weight excluding hydrogens is 310 g/mol. The average Bonchev–Trinajstić information content (AvgIpc) is 2.52. The third-order valence-electron chi connectivity index (χ3n) is 7.05. The van der Waals surface area contributed by atoms with E-state index < -0.39 is 0 Å². The largest absolute Gasteiger partial charge is 0.299 e. The minimum absolute atomic E-state index is 0.0848. The first-order chi connectivity index (χ1) is 11.6. The molecule has 3 nitrogen and oxygen atoms in total. The summed E-state index contributed by atoms with van der Waals surface area (Å²) < 4.78 is 0. The van der Waals surface area contributed by atoms with Gasteiger partial charge in [0.1, 0.15) is 5.78 Å². The number of Topliss-reactive ketones (excluding diaryl/α,β-unsaturated/α-hetero) is 1. The quantitative estimate of drug-likeness (QED) is 0.684. The molecule has 0 aliphatic heterocycles. The van der Waals surface area contributed by atoms with Crippen molar-refractivity contribution < 1.29 is 9.59 Å². The number of allylic oxidation sites excluding steroid dienone is 2. The van der Waals surface area contributed by atoms with Crippen molar-refractivity contribution in [1.82, 2.24) is 4.90 Å². The second-order valence-corrected chi connectivity index (χ2v) is 9.30. The molecule has 25 heavy (non-hydrogen) atoms. The Morgan fingerprint density at radius 3 is 2.52 bits per heavy atom. The highest BCUT2D eigenvalue weighted by atomic mass is 16.1. The van der Waals surface area contributed by atoms with Crippen LogP contribution in [0.1, 0.15) is 59.3 Å². The average molecular weight is 341 g/mol. The van der Waals surface area contributed by atoms with Crippen molar-refractivity contribution in [1.29, 1.82) is 0 Å². The van der Waals surface area contributed by atoms with Crippen molar-refractivity contribution in [3.05, 3.63) is 11.6 Å². The zero-order valence-electron chi connectivity index (χ0n) is 16.4. The van der Waals surface area contributed by atoms with Gasteiger partial charge in [-0.1, -0.05) is 32.6 Å². The fourth-order valence-electron chi connectivity index (χ4n) is 5.63. The lowest BCUT2D eigenvalue weighted by atomic mass is 9.44. The minimum Gasteiger partial charge on any atom is -0.299 e. The van der Waals surface area contributed by atoms with Gasteiger partial charge < -0.3 is 0 Å². The SMILES string of the molecule is CN(C)CC#C[C@]12CCC(=O)C=C1[C@@]1(C)CCC(=O)C(C)(C)C1CC2. The Morgan fingerprint density at radius 2 is 1.84 bits per heavy atom. The Balaban J connectivity index is 2.06. The molecule has 0 aromatic rings. The molecular formula is C22H31NO2. The molecule has 136 valence electrons. The first-order valence-electron chi connectivity index (χ1n) is 9.55. The highest BCUT2D eigenvalue weighted by Crippen LogP contribution is 2.64. The Morgan fingerprint density at radius 1 is 1.12 bits per heavy atom. The van der Waals surface area contributed by atoms with Gasteiger partial charge in [0, 0.05) is 18.3 Å². The van der Waals surface area contributed by atoms with Gasteiger partial charge in [-0.15, -0.1) is 0 Å². The van der Waals surface area contributed by atoms with Crippen LogP contribution in [0.25, 0.3) is 0 Å². The fourth-order valence-corrected chi connectivity index (χ4v) is 5.63. The lowest BCUT2D eigenvalue weighted by Gasteiger charge is -2.59. The number of carbonyl (C=O) groups excluding carboxylic acids is 2. The zero-order chi connectivity index (χ0) is 18.5. The number of nitrogens with zero attached hydrogens (tertiary/aromatic N) is 1. The number of ketones is 2. The Labute approximate surface area is 152 Å². The van der Waals surface area contributed by atoms with E-state index in [-0.39, 0.29) is 22.0 Å². The van der Waals surface area contributed by atoms with E-state index in [4.69, 9.17) is 0 Å². The van der Waals surface area contributed by atoms with E-state index in [0.717, 1.165) is 32.2 Å². The fraction of sp³-hybridized carbons (Fsp3) is 0.727. The summed E-state index contributed by atoms with van der Waals surface area (Å²) in [5.74, 6) is 7.87. The van der Waals surface area contributed by atoms with Crippen LogP contribution >= 0.6 is 0 Å². The van der Waals surface area contributed by atoms with Gasteiger partial charge in [-0.05, 0) is 62.8 Å². The van der Waals surface area contributed by atoms with Gasteiger partial charge in [0.2, 0.25) is 0 Å². The molecule has 2 fully saturated rings. The second-order valence-electron chi connectivity index (χ2n) is 9.30. The molecule has 3 rings (SSSR count). The van der Waals surface area contributed by atoms with E-state index in [1.54, 1.807) is 0 Å². The summed E-state index contributed by atoms with van der Waals surface area (Å²) in [6.07, 6.45) is 6.83. The monoisotopic (exact) mass is 341 g/mol. The van der Waals surface area contributed by atoms with Crippen LogP contribution in [0.5, 0.6) is 0 Å². The Kier molecular flexibility index (Phi) is 4.48. The van der Waals surface area contributed by atoms with Crippen molar-refractivity contribution in [3.63, 3.8) is 0 Å². The standard InChI is InChI=1S/C22H31NO2/c1-20(2)17-8-13-22(10-6-14-23(4)5)12-7-16(24)15-18(22)21(17,3)11-9-19(20)25/h15,17H,7-9,11-14H2,1-5H3/t17?,21-,22+/m0/s1. The highest BCUT2D eigenvalue weighted by molar-refractivity contribution is 5.93. The van der Waals surface area contributed by atoms with Crippen LogP contribution in [0.3, 0.4) is 0 Å². The summed E-state index contributed by atoms with van der Waals surface area (Å²) in [7, 11) is 4.06. The predicted octanol–water partition coefficient (Wildman–Crippen LogP) is 3.63. The van der Waals surface area contributed by atoms with Gasteiger partial charge in [-0.2, -0.15) is 0 Å². The van der Waals surface area contributed by atoms with Crippen molar-refractivity contribution >= 4 is 11.6 Å². The van der Waals surface area contributed by atoms with Gasteiger partial charge in [0.25, 0.3) is 0 Å². The van der Waals surface area contributed by atoms with Gasteiger partial charge in [0.15, 0.2) is 5.78 Å². The van der Waals surface area contributed by atoms with Crippen LogP contribution in [-0.4, -0.2) is 37.1 Å². The molecule has 0 aromatic heterocycles. The predicted molar refractivity (Wildman–Crippen MR) is 99.9 cm³/mol. The molecule has 0 spiro atoms. The summed E-state index contributed by atoms with van der Waals surface area (Å²) in [5, 5.41) is 0. The molecule has 0 saturated heterocycles. The molecule has 3 aliphatic rings. The van der Waals surface area contributed by atoms with Crippen molar-refractivity contribution in [2.24, 2.45) is 22.2 Å². The maximum Gasteiger partial charge on any atom is 0.155 e. The van der Waals surface area contributed by atoms with Crippen molar-refractivity contribution in [2.75, 3.05) is 20.6 Å². The zero-order valence-corrected chi connectivity index (χ0v) is 16.4. The summed E-state index contributed by atoms with van der Waals surface area (Å²) in [4.78, 5) is 26.9. The summed E-state index contributed by atoms with van der Waals surface area (Å²) in [6.45, 7) is 7.24. The Hall–Kier alpha value is -1.40. The van der Waals surface area contributed by atoms with Crippen LogP contribution in [0, 0.1) is 34.0 Å². The van der Waals surface area contributed by atoms with Crippen molar-refractivity contribution in [2.45, 2.75) is 59.3 Å². The van der Waals surface area contributed by atoms with Crippen LogP contribution in [0.15, 0.2) is 11.6 Å². The minimum atomic E-state index is -0.308. The third-order valence-corrected chi connectivity index (χ3v) is 7.05. The molecule has 0 radical (unpaired) electrons. The van der Waals surface area contributed by atoms with Gasteiger partial charge >= 0.3 is 0 Å². The van der Waals surface area contributed by atoms with Gasteiger partial charge in [-0.25, -0.2) is 0 Å². The normalized spacial score (nSPS) is 36.9. The summed E-state index contributed by atoms with van der Waals surface area (Å²) >= 11 is 0. The molecule has 0 heterocycles. The van der Waals surface area contributed by atoms with E-state index in [1.165, 1.54) is 5.57 Å². The van der Waals surface area contributed by atoms with Crippen LogP contribution in [-0.2, 0) is 9.59 Å². The first kappa shape index (κ1) is 18.4. The molecule has 3 heteroatoms. The van der Waals surface area contributed by atoms with Gasteiger partial charge in [0.05, 0.1) is 12.0 Å². The molecule has 0 aromatic carbocycles. The van der Waals surface area contributed by atoms with E-state index >= 15 is 0 Å². The molecule has 2 saturated carbocycles. The lowest BCUT2D eigenvalue weighted by molar-refractivity contribution is -0.141. The van der Waals surface area contributed by atoms with Crippen LogP contribution < -0.4 is 0 Å². The van der Waals surface area contributed by atoms with Gasteiger partial charge in [-0.3, -0.25) is 14.5 Å². The second kappa shape index (κ2) is 6.09. The van der Waals surface area contributed by atoms with E-state index in [1.807, 2.05) is 20.2 Å². The molecule has 1 unspecified atom stereocenters. The summed E-state index contributed by atoms with van der Waals surface area (Å²) in [5.41, 5.74) is 0.682. The van der Waals surface area contributed by atoms with E-state index in [0.29, 0.717) is 24.5 Å². The number of rotatable bonds is 1. The topological polar surface area (TPSA) is 37.4 Å². The van der Waals surface area contributed by atoms with Crippen LogP contribution in [0.4, 0.5) is 0 Å². The molecule has 0 N–H and O–H groups in total. The molecule has 3 aliphatic carbocycles. The summed E-state index contributed by atoms with van der Waals surface area (Å²) in [6, 6.07) is 0. The first-order valence-corrected chi connectivity index (χ1v) is 9.55. The molecule has 0 bridgehead atoms. The smallest absolute Gasteiger partial charge is 0.155 e. The number of fused-ring (bicyclic) bond motifs is 3. The highest BCUT2D eigenvalue weighted by Gasteiger charge is 2.59. The Bertz CT molecular complexity index is 691. The van der Waals surface area contributed by atoms with Crippen LogP contribution in [0.2, 0.25) is 0 Å². The maximum absolute atomic E-state index is 12.5. The maximum atomic E-state index is 12.5. The van der Waals surface area contributed by atoms with E-state index in [9.17, 15) is 9.59 Å². The third kappa shape index (κ3) is 2.89.